The predicted octanol–water partition coefficient (Wildman–Crippen LogP) is 1.54. The third-order valence-corrected chi connectivity index (χ3v) is 3.80. The first-order valence-electron chi connectivity index (χ1n) is 6.08. The number of carbonyl (C=O) groups excluding carboxylic acids is 1. The van der Waals surface area contributed by atoms with Gasteiger partial charge in [-0.15, -0.1) is 12.6 Å². The molecule has 2 aliphatic carbocycles. The van der Waals surface area contributed by atoms with Crippen LogP contribution in [0.25, 0.3) is 5.32 Å². The minimum atomic E-state index is 0. The maximum atomic E-state index is 8.81. The van der Waals surface area contributed by atoms with Gasteiger partial charge >= 0.3 is 0 Å². The van der Waals surface area contributed by atoms with Crippen LogP contribution in [0.5, 0.6) is 0 Å². The van der Waals surface area contributed by atoms with Gasteiger partial charge < -0.3 is 15.5 Å². The Morgan fingerprint density at radius 3 is 2.59 bits per heavy atom. The first kappa shape index (κ1) is 15.3. The van der Waals surface area contributed by atoms with Crippen molar-refractivity contribution in [1.29, 1.82) is 0 Å². The number of hydrogen-bond acceptors (Lipinski definition) is 2. The number of nitrogens with zero attached hydrogens (tertiary/aromatic N) is 1. The molecule has 1 radical (unpaired) electrons. The summed E-state index contributed by atoms with van der Waals surface area (Å²) >= 11 is 0. The molecule has 93 valence electrons. The van der Waals surface area contributed by atoms with Crippen LogP contribution in [-0.2, 0) is 37.5 Å². The molecule has 2 unspecified atom stereocenters. The molecule has 0 aromatic heterocycles. The number of rotatable bonds is 1. The fourth-order valence-corrected chi connectivity index (χ4v) is 3.23. The minimum Gasteiger partial charge on any atom is -0.655 e. The molecule has 0 aromatic carbocycles. The Morgan fingerprint density at radius 2 is 1.94 bits per heavy atom. The molecular weight excluding hydrogens is 291 g/mol. The molecule has 0 spiro atoms. The van der Waals surface area contributed by atoms with Crippen molar-refractivity contribution >= 4 is 6.41 Å². The Balaban J connectivity index is 0.000000258. The van der Waals surface area contributed by atoms with Gasteiger partial charge in [-0.2, -0.15) is 6.41 Å². The number of nitrogens with one attached hydrogen (secondary N) is 1. The van der Waals surface area contributed by atoms with Crippen molar-refractivity contribution in [3.8, 4) is 0 Å². The molecule has 0 aromatic rings. The van der Waals surface area contributed by atoms with E-state index in [-0.39, 0.29) is 32.7 Å². The van der Waals surface area contributed by atoms with Gasteiger partial charge in [0, 0.05) is 32.7 Å². The zero-order valence-corrected chi connectivity index (χ0v) is 13.0. The Morgan fingerprint density at radius 1 is 1.29 bits per heavy atom. The van der Waals surface area contributed by atoms with Crippen LogP contribution >= 0.6 is 0 Å². The third kappa shape index (κ3) is 3.60. The normalized spacial score (nSPS) is 29.5. The molecule has 3 rings (SSSR count). The van der Waals surface area contributed by atoms with E-state index in [1.54, 1.807) is 11.0 Å². The molecule has 0 saturated carbocycles. The summed E-state index contributed by atoms with van der Waals surface area (Å²) in [5, 5.41) is 4.74. The molecule has 1 aliphatic heterocycles. The second kappa shape index (κ2) is 7.62. The largest absolute Gasteiger partial charge is 0.655 e. The standard InChI is InChI=1S/C11H16N.CH3N2O.Y/c1-3-8-4-2-6-10-11(8)9(5-1)7-12-10;2-3-1-4;/h9-10H,1-7H2;2H2,(H,3,4);/q2*-1;. The smallest absolute Gasteiger partial charge is 0 e. The van der Waals surface area contributed by atoms with E-state index in [0.29, 0.717) is 6.04 Å². The first-order valence-corrected chi connectivity index (χ1v) is 6.08. The fourth-order valence-electron chi connectivity index (χ4n) is 3.23. The van der Waals surface area contributed by atoms with Crippen LogP contribution < -0.4 is 11.3 Å². The topological polar surface area (TPSA) is 69.2 Å². The predicted molar refractivity (Wildman–Crippen MR) is 63.2 cm³/mol. The molecule has 17 heavy (non-hydrogen) atoms. The quantitative estimate of drug-likeness (QED) is 0.193. The molecule has 1 fully saturated rings. The van der Waals surface area contributed by atoms with Gasteiger partial charge in [0.05, 0.1) is 0 Å². The van der Waals surface area contributed by atoms with Crippen LogP contribution in [0, 0.1) is 5.92 Å². The van der Waals surface area contributed by atoms with Gasteiger partial charge in [0.1, 0.15) is 0 Å². The first-order chi connectivity index (χ1) is 7.86. The monoisotopic (exact) mass is 310 g/mol. The average Bonchev–Trinajstić information content (AvgIpc) is 2.76. The van der Waals surface area contributed by atoms with Crippen LogP contribution in [0.1, 0.15) is 38.5 Å². The van der Waals surface area contributed by atoms with E-state index in [4.69, 9.17) is 10.1 Å². The molecule has 1 saturated heterocycles. The zero-order valence-electron chi connectivity index (χ0n) is 10.1. The second-order valence-electron chi connectivity index (χ2n) is 4.67. The third-order valence-electron chi connectivity index (χ3n) is 3.80. The molecular formula is C12H19N3OY-2. The number of amides is 1. The summed E-state index contributed by atoms with van der Waals surface area (Å²) in [5.74, 6) is 5.24. The van der Waals surface area contributed by atoms with Crippen molar-refractivity contribution in [2.45, 2.75) is 44.6 Å². The summed E-state index contributed by atoms with van der Waals surface area (Å²) in [6.45, 7) is 1.16. The van der Waals surface area contributed by atoms with Crippen molar-refractivity contribution in [2.24, 2.45) is 11.8 Å². The summed E-state index contributed by atoms with van der Waals surface area (Å²) in [6, 6.07) is 0.680. The summed E-state index contributed by atoms with van der Waals surface area (Å²) in [6.07, 6.45) is 9.63. The molecule has 1 heterocycles. The number of nitrogens with two attached hydrogens (primary N) is 1. The van der Waals surface area contributed by atoms with Gasteiger partial charge in [-0.25, -0.2) is 0 Å². The van der Waals surface area contributed by atoms with E-state index in [1.807, 2.05) is 5.57 Å². The Bertz CT molecular complexity index is 271. The maximum absolute atomic E-state index is 8.81. The van der Waals surface area contributed by atoms with E-state index in [1.165, 1.54) is 44.9 Å². The van der Waals surface area contributed by atoms with E-state index in [9.17, 15) is 0 Å². The zero-order chi connectivity index (χ0) is 11.4. The van der Waals surface area contributed by atoms with Crippen molar-refractivity contribution < 1.29 is 37.5 Å². The Kier molecular flexibility index (Phi) is 6.86. The SMILES string of the molecule is C1CC2=C3C(C1)C[N-]C3CCC2.NN[C-]=O.[Y]. The summed E-state index contributed by atoms with van der Waals surface area (Å²) in [4.78, 5) is 8.81. The summed E-state index contributed by atoms with van der Waals surface area (Å²) < 4.78 is 0. The van der Waals surface area contributed by atoms with Crippen LogP contribution in [-0.4, -0.2) is 19.0 Å². The van der Waals surface area contributed by atoms with E-state index >= 15 is 0 Å². The number of hydrogen-bond donors (Lipinski definition) is 2. The fraction of sp³-hybridized carbons (Fsp3) is 0.750. The van der Waals surface area contributed by atoms with Crippen LogP contribution in [0.3, 0.4) is 0 Å². The van der Waals surface area contributed by atoms with Crippen LogP contribution in [0.15, 0.2) is 11.1 Å². The molecule has 4 nitrogen and oxygen atoms in total. The van der Waals surface area contributed by atoms with Crippen molar-refractivity contribution in [3.63, 3.8) is 0 Å². The molecule has 3 N–H and O–H groups in total. The van der Waals surface area contributed by atoms with Crippen LogP contribution in [0.4, 0.5) is 0 Å². The van der Waals surface area contributed by atoms with Gasteiger partial charge in [-0.05, 0) is 31.6 Å². The van der Waals surface area contributed by atoms with Crippen molar-refractivity contribution in [3.05, 3.63) is 16.5 Å². The average molecular weight is 310 g/mol. The van der Waals surface area contributed by atoms with Gasteiger partial charge in [-0.3, -0.25) is 5.84 Å². The van der Waals surface area contributed by atoms with E-state index in [0.717, 1.165) is 12.5 Å². The van der Waals surface area contributed by atoms with Gasteiger partial charge in [0.15, 0.2) is 0 Å². The van der Waals surface area contributed by atoms with Crippen molar-refractivity contribution in [2.75, 3.05) is 6.54 Å². The molecule has 2 atom stereocenters. The Labute approximate surface area is 128 Å². The molecule has 3 aliphatic rings. The summed E-state index contributed by atoms with van der Waals surface area (Å²) in [7, 11) is 0. The molecule has 1 amide bonds. The minimum absolute atomic E-state index is 0. The van der Waals surface area contributed by atoms with Gasteiger partial charge in [-0.1, -0.05) is 24.0 Å². The number of hydrazine groups is 1. The van der Waals surface area contributed by atoms with E-state index in [2.05, 4.69) is 5.84 Å². The van der Waals surface area contributed by atoms with Crippen molar-refractivity contribution in [1.82, 2.24) is 5.43 Å². The molecule has 5 heteroatoms. The van der Waals surface area contributed by atoms with Crippen LogP contribution in [0.2, 0.25) is 0 Å². The Hall–Kier alpha value is 0.234. The number of allylic oxidation sites excluding steroid dienone is 1. The van der Waals surface area contributed by atoms with Gasteiger partial charge in [0.25, 0.3) is 0 Å². The van der Waals surface area contributed by atoms with Gasteiger partial charge in [0.2, 0.25) is 0 Å². The van der Waals surface area contributed by atoms with E-state index < -0.39 is 0 Å². The summed E-state index contributed by atoms with van der Waals surface area (Å²) in [5.41, 5.74) is 5.23. The molecule has 0 bridgehead atoms. The second-order valence-corrected chi connectivity index (χ2v) is 4.67. The maximum Gasteiger partial charge on any atom is 0 e.